The second kappa shape index (κ2) is 7.71. The van der Waals surface area contributed by atoms with Crippen LogP contribution in [-0.4, -0.2) is 26.2 Å². The Kier molecular flexibility index (Phi) is 5.66. The van der Waals surface area contributed by atoms with Gasteiger partial charge in [-0.25, -0.2) is 0 Å². The predicted octanol–water partition coefficient (Wildman–Crippen LogP) is 2.89. The van der Waals surface area contributed by atoms with Crippen molar-refractivity contribution >= 4 is 17.5 Å². The van der Waals surface area contributed by atoms with Gasteiger partial charge in [-0.2, -0.15) is 0 Å². The number of furan rings is 1. The van der Waals surface area contributed by atoms with Crippen molar-refractivity contribution in [2.75, 3.05) is 20.3 Å². The fourth-order valence-corrected chi connectivity index (χ4v) is 1.74. The number of nitrogens with one attached hydrogen (secondary N) is 1. The molecule has 1 aromatic heterocycles. The third-order valence-electron chi connectivity index (χ3n) is 2.67. The molecular weight excluding hydrogens is 294 g/mol. The normalized spacial score (nSPS) is 10.4. The summed E-state index contributed by atoms with van der Waals surface area (Å²) in [7, 11) is 1.57. The molecule has 0 aliphatic carbocycles. The molecule has 0 fully saturated rings. The van der Waals surface area contributed by atoms with Gasteiger partial charge in [-0.05, 0) is 36.4 Å². The second-order valence-corrected chi connectivity index (χ2v) is 4.69. The molecular formula is C15H16ClNO4. The molecule has 0 unspecified atom stereocenters. The average Bonchev–Trinajstić information content (AvgIpc) is 2.96. The van der Waals surface area contributed by atoms with Crippen LogP contribution < -0.4 is 10.1 Å². The van der Waals surface area contributed by atoms with E-state index in [0.29, 0.717) is 29.7 Å². The van der Waals surface area contributed by atoms with Crippen LogP contribution in [0, 0.1) is 0 Å². The van der Waals surface area contributed by atoms with Crippen molar-refractivity contribution < 1.29 is 18.7 Å². The molecule has 1 amide bonds. The van der Waals surface area contributed by atoms with E-state index in [1.807, 2.05) is 0 Å². The van der Waals surface area contributed by atoms with Crippen LogP contribution in [-0.2, 0) is 11.3 Å². The van der Waals surface area contributed by atoms with Crippen LogP contribution in [0.25, 0.3) is 0 Å². The van der Waals surface area contributed by atoms with E-state index in [-0.39, 0.29) is 18.3 Å². The summed E-state index contributed by atoms with van der Waals surface area (Å²) in [6, 6.07) is 10.3. The molecule has 21 heavy (non-hydrogen) atoms. The van der Waals surface area contributed by atoms with Gasteiger partial charge < -0.3 is 19.2 Å². The number of hydrogen-bond donors (Lipinski definition) is 1. The highest BCUT2D eigenvalue weighted by atomic mass is 35.5. The van der Waals surface area contributed by atoms with Crippen molar-refractivity contribution in [3.63, 3.8) is 0 Å². The predicted molar refractivity (Wildman–Crippen MR) is 78.7 cm³/mol. The lowest BCUT2D eigenvalue weighted by Gasteiger charge is -2.04. The number of methoxy groups -OCH3 is 1. The van der Waals surface area contributed by atoms with Crippen LogP contribution in [0.5, 0.6) is 5.75 Å². The minimum absolute atomic E-state index is 0.243. The number of hydrogen-bond acceptors (Lipinski definition) is 4. The highest BCUT2D eigenvalue weighted by molar-refractivity contribution is 6.30. The molecule has 1 heterocycles. The molecule has 0 bridgehead atoms. The Morgan fingerprint density at radius 1 is 1.24 bits per heavy atom. The maximum atomic E-state index is 11.7. The third kappa shape index (κ3) is 4.81. The van der Waals surface area contributed by atoms with E-state index < -0.39 is 0 Å². The number of halogens is 1. The summed E-state index contributed by atoms with van der Waals surface area (Å²) in [5.41, 5.74) is 0. The number of rotatable bonds is 7. The van der Waals surface area contributed by atoms with Crippen molar-refractivity contribution in [2.45, 2.75) is 6.61 Å². The number of carbonyl (C=O) groups is 1. The molecule has 0 saturated carbocycles. The van der Waals surface area contributed by atoms with E-state index in [4.69, 9.17) is 25.5 Å². The molecule has 112 valence electrons. The lowest BCUT2D eigenvalue weighted by atomic mass is 10.3. The van der Waals surface area contributed by atoms with Crippen LogP contribution in [0.4, 0.5) is 0 Å². The molecule has 0 atom stereocenters. The minimum atomic E-state index is -0.273. The SMILES string of the molecule is COCCNC(=O)c1ccc(COc2ccc(Cl)cc2)o1. The lowest BCUT2D eigenvalue weighted by molar-refractivity contribution is 0.0905. The Hall–Kier alpha value is -1.98. The fraction of sp³-hybridized carbons (Fsp3) is 0.267. The van der Waals surface area contributed by atoms with Crippen LogP contribution in [0.2, 0.25) is 5.02 Å². The van der Waals surface area contributed by atoms with Crippen molar-refractivity contribution in [1.82, 2.24) is 5.32 Å². The molecule has 6 heteroatoms. The van der Waals surface area contributed by atoms with Crippen molar-refractivity contribution in [2.24, 2.45) is 0 Å². The number of ether oxygens (including phenoxy) is 2. The molecule has 0 aliphatic heterocycles. The van der Waals surface area contributed by atoms with Crippen molar-refractivity contribution in [1.29, 1.82) is 0 Å². The van der Waals surface area contributed by atoms with E-state index in [2.05, 4.69) is 5.32 Å². The molecule has 0 saturated heterocycles. The van der Waals surface area contributed by atoms with Gasteiger partial charge in [0, 0.05) is 18.7 Å². The molecule has 0 spiro atoms. The first-order valence-corrected chi connectivity index (χ1v) is 6.81. The first-order chi connectivity index (χ1) is 10.2. The highest BCUT2D eigenvalue weighted by Crippen LogP contribution is 2.17. The molecule has 1 aromatic carbocycles. The largest absolute Gasteiger partial charge is 0.486 e. The zero-order chi connectivity index (χ0) is 15.1. The van der Waals surface area contributed by atoms with Gasteiger partial charge in [-0.15, -0.1) is 0 Å². The van der Waals surface area contributed by atoms with Gasteiger partial charge in [0.25, 0.3) is 5.91 Å². The molecule has 0 aliphatic rings. The smallest absolute Gasteiger partial charge is 0.287 e. The summed E-state index contributed by atoms with van der Waals surface area (Å²) in [6.07, 6.45) is 0. The van der Waals surface area contributed by atoms with E-state index >= 15 is 0 Å². The third-order valence-corrected chi connectivity index (χ3v) is 2.92. The van der Waals surface area contributed by atoms with Crippen LogP contribution >= 0.6 is 11.6 Å². The maximum Gasteiger partial charge on any atom is 0.287 e. The quantitative estimate of drug-likeness (QED) is 0.799. The zero-order valence-electron chi connectivity index (χ0n) is 11.6. The minimum Gasteiger partial charge on any atom is -0.486 e. The van der Waals surface area contributed by atoms with E-state index in [1.165, 1.54) is 0 Å². The van der Waals surface area contributed by atoms with Gasteiger partial charge in [-0.1, -0.05) is 11.6 Å². The average molecular weight is 310 g/mol. The summed E-state index contributed by atoms with van der Waals surface area (Å²) in [5.74, 6) is 1.23. The summed E-state index contributed by atoms with van der Waals surface area (Å²) in [5, 5.41) is 3.33. The Balaban J connectivity index is 1.85. The summed E-state index contributed by atoms with van der Waals surface area (Å²) in [4.78, 5) is 11.7. The van der Waals surface area contributed by atoms with Gasteiger partial charge in [0.2, 0.25) is 0 Å². The number of amides is 1. The standard InChI is InChI=1S/C15H16ClNO4/c1-19-9-8-17-15(18)14-7-6-13(21-14)10-20-12-4-2-11(16)3-5-12/h2-7H,8-10H2,1H3,(H,17,18). The monoisotopic (exact) mass is 309 g/mol. The van der Waals surface area contributed by atoms with Gasteiger partial charge in [-0.3, -0.25) is 4.79 Å². The summed E-state index contributed by atoms with van der Waals surface area (Å²) < 4.78 is 15.8. The summed E-state index contributed by atoms with van der Waals surface area (Å²) >= 11 is 5.79. The molecule has 2 aromatic rings. The van der Waals surface area contributed by atoms with Gasteiger partial charge in [0.15, 0.2) is 5.76 Å². The molecule has 5 nitrogen and oxygen atoms in total. The Morgan fingerprint density at radius 2 is 2.00 bits per heavy atom. The van der Waals surface area contributed by atoms with Gasteiger partial charge >= 0.3 is 0 Å². The number of carbonyl (C=O) groups excluding carboxylic acids is 1. The summed E-state index contributed by atoms with van der Waals surface area (Å²) in [6.45, 7) is 1.14. The van der Waals surface area contributed by atoms with Gasteiger partial charge in [0.1, 0.15) is 18.1 Å². The van der Waals surface area contributed by atoms with E-state index in [9.17, 15) is 4.79 Å². The molecule has 2 rings (SSSR count). The fourth-order valence-electron chi connectivity index (χ4n) is 1.62. The second-order valence-electron chi connectivity index (χ2n) is 4.26. The first kappa shape index (κ1) is 15.4. The zero-order valence-corrected chi connectivity index (χ0v) is 12.4. The van der Waals surface area contributed by atoms with Crippen molar-refractivity contribution in [3.05, 3.63) is 52.9 Å². The Morgan fingerprint density at radius 3 is 2.71 bits per heavy atom. The van der Waals surface area contributed by atoms with Crippen LogP contribution in [0.1, 0.15) is 16.3 Å². The van der Waals surface area contributed by atoms with Crippen molar-refractivity contribution in [3.8, 4) is 5.75 Å². The Bertz CT molecular complexity index is 580. The van der Waals surface area contributed by atoms with Crippen LogP contribution in [0.3, 0.4) is 0 Å². The molecule has 0 radical (unpaired) electrons. The van der Waals surface area contributed by atoms with E-state index in [0.717, 1.165) is 0 Å². The first-order valence-electron chi connectivity index (χ1n) is 6.43. The maximum absolute atomic E-state index is 11.7. The van der Waals surface area contributed by atoms with E-state index in [1.54, 1.807) is 43.5 Å². The number of benzene rings is 1. The highest BCUT2D eigenvalue weighted by Gasteiger charge is 2.10. The van der Waals surface area contributed by atoms with Gasteiger partial charge in [0.05, 0.1) is 6.61 Å². The van der Waals surface area contributed by atoms with Crippen LogP contribution in [0.15, 0.2) is 40.8 Å². The lowest BCUT2D eigenvalue weighted by Crippen LogP contribution is -2.26. The molecule has 1 N–H and O–H groups in total. The Labute approximate surface area is 127 Å². The topological polar surface area (TPSA) is 60.7 Å².